The molecule has 0 saturated carbocycles. The summed E-state index contributed by atoms with van der Waals surface area (Å²) in [4.78, 5) is 0. The molecule has 0 radical (unpaired) electrons. The Hall–Kier alpha value is -0.900. The third-order valence-corrected chi connectivity index (χ3v) is 4.83. The number of rotatable bonds is 6. The van der Waals surface area contributed by atoms with Crippen molar-refractivity contribution in [2.75, 3.05) is 39.4 Å². The molecule has 0 aromatic heterocycles. The van der Waals surface area contributed by atoms with Gasteiger partial charge in [-0.05, 0) is 0 Å². The lowest BCUT2D eigenvalue weighted by Crippen LogP contribution is -2.49. The third kappa shape index (κ3) is 3.80. The molecule has 9 heteroatoms. The van der Waals surface area contributed by atoms with Crippen LogP contribution in [0.25, 0.3) is 0 Å². The second kappa shape index (κ2) is 6.88. The van der Waals surface area contributed by atoms with Crippen LogP contribution < -0.4 is 5.73 Å². The fourth-order valence-corrected chi connectivity index (χ4v) is 3.25. The van der Waals surface area contributed by atoms with E-state index in [0.29, 0.717) is 32.8 Å². The summed E-state index contributed by atoms with van der Waals surface area (Å²) in [7, 11) is -3.48. The molecule has 106 valence electrons. The maximum atomic E-state index is 12.3. The van der Waals surface area contributed by atoms with Crippen LogP contribution in [-0.4, -0.2) is 67.5 Å². The molecule has 0 aromatic carbocycles. The molecule has 0 unspecified atom stereocenters. The van der Waals surface area contributed by atoms with Gasteiger partial charge in [-0.2, -0.15) is 17.0 Å². The summed E-state index contributed by atoms with van der Waals surface area (Å²) in [5, 5.41) is 11.3. The van der Waals surface area contributed by atoms with E-state index >= 15 is 0 Å². The minimum Gasteiger partial charge on any atom is -0.409 e. The molecule has 3 N–H and O–H groups in total. The molecule has 1 fully saturated rings. The van der Waals surface area contributed by atoms with Crippen LogP contribution in [0.5, 0.6) is 0 Å². The Bertz CT molecular complexity index is 378. The fraction of sp³-hybridized carbons (Fsp3) is 0.889. The monoisotopic (exact) mass is 280 g/mol. The molecule has 1 rings (SSSR count). The quantitative estimate of drug-likeness (QED) is 0.281. The number of oxime groups is 1. The minimum atomic E-state index is -3.48. The maximum Gasteiger partial charge on any atom is 0.282 e. The lowest BCUT2D eigenvalue weighted by atomic mass is 10.4. The van der Waals surface area contributed by atoms with Gasteiger partial charge in [0.15, 0.2) is 0 Å². The van der Waals surface area contributed by atoms with Gasteiger partial charge in [0.2, 0.25) is 0 Å². The number of hydrogen-bond donors (Lipinski definition) is 2. The fourth-order valence-electron chi connectivity index (χ4n) is 1.67. The third-order valence-electron chi connectivity index (χ3n) is 2.72. The summed E-state index contributed by atoms with van der Waals surface area (Å²) in [5.74, 6) is 0.0191. The van der Waals surface area contributed by atoms with Crippen molar-refractivity contribution in [3.05, 3.63) is 0 Å². The van der Waals surface area contributed by atoms with Gasteiger partial charge in [-0.3, -0.25) is 0 Å². The highest BCUT2D eigenvalue weighted by atomic mass is 32.2. The van der Waals surface area contributed by atoms with Gasteiger partial charge in [-0.1, -0.05) is 12.1 Å². The average Bonchev–Trinajstić information content (AvgIpc) is 2.39. The van der Waals surface area contributed by atoms with Crippen molar-refractivity contribution in [3.63, 3.8) is 0 Å². The molecule has 8 nitrogen and oxygen atoms in total. The minimum absolute atomic E-state index is 0.0191. The first-order chi connectivity index (χ1) is 8.52. The van der Waals surface area contributed by atoms with Crippen molar-refractivity contribution < 1.29 is 18.4 Å². The van der Waals surface area contributed by atoms with Crippen LogP contribution in [0.2, 0.25) is 0 Å². The summed E-state index contributed by atoms with van der Waals surface area (Å²) in [6.07, 6.45) is 0.202. The highest BCUT2D eigenvalue weighted by Gasteiger charge is 2.29. The molecular formula is C9H20N4O4S. The van der Waals surface area contributed by atoms with E-state index in [1.807, 2.05) is 0 Å². The van der Waals surface area contributed by atoms with Crippen LogP contribution in [0, 0.1) is 0 Å². The molecule has 0 bridgehead atoms. The second-order valence-corrected chi connectivity index (χ2v) is 5.78. The molecule has 0 aliphatic carbocycles. The zero-order chi connectivity index (χ0) is 13.6. The molecule has 0 aromatic rings. The molecular weight excluding hydrogens is 260 g/mol. The van der Waals surface area contributed by atoms with Gasteiger partial charge in [0, 0.05) is 32.6 Å². The number of morpholine rings is 1. The van der Waals surface area contributed by atoms with E-state index < -0.39 is 10.2 Å². The normalized spacial score (nSPS) is 19.3. The lowest BCUT2D eigenvalue weighted by Gasteiger charge is -2.31. The number of nitrogens with two attached hydrogens (primary N) is 1. The van der Waals surface area contributed by atoms with E-state index in [2.05, 4.69) is 5.16 Å². The largest absolute Gasteiger partial charge is 0.409 e. The Morgan fingerprint density at radius 3 is 2.61 bits per heavy atom. The molecule has 1 saturated heterocycles. The van der Waals surface area contributed by atoms with Crippen LogP contribution in [0.4, 0.5) is 0 Å². The van der Waals surface area contributed by atoms with Crippen molar-refractivity contribution >= 4 is 16.0 Å². The summed E-state index contributed by atoms with van der Waals surface area (Å²) in [5.41, 5.74) is 5.34. The number of amidine groups is 1. The highest BCUT2D eigenvalue weighted by Crippen LogP contribution is 2.11. The predicted octanol–water partition coefficient (Wildman–Crippen LogP) is -0.978. The first kappa shape index (κ1) is 15.2. The Labute approximate surface area is 107 Å². The Morgan fingerprint density at radius 1 is 1.50 bits per heavy atom. The van der Waals surface area contributed by atoms with Crippen molar-refractivity contribution in [1.82, 2.24) is 8.61 Å². The van der Waals surface area contributed by atoms with Crippen LogP contribution in [-0.2, 0) is 14.9 Å². The van der Waals surface area contributed by atoms with E-state index in [-0.39, 0.29) is 18.8 Å². The van der Waals surface area contributed by atoms with Gasteiger partial charge >= 0.3 is 0 Å². The van der Waals surface area contributed by atoms with Gasteiger partial charge in [0.1, 0.15) is 5.84 Å². The highest BCUT2D eigenvalue weighted by molar-refractivity contribution is 7.86. The standard InChI is InChI=1S/C9H20N4O4S/c1-2-12(4-3-9(10)11-14)18(15,16)13-5-7-17-8-6-13/h14H,2-8H2,1H3,(H2,10,11). The number of hydrogen-bond acceptors (Lipinski definition) is 5. The molecule has 1 heterocycles. The lowest BCUT2D eigenvalue weighted by molar-refractivity contribution is 0.0703. The van der Waals surface area contributed by atoms with Gasteiger partial charge in [-0.25, -0.2) is 0 Å². The van der Waals surface area contributed by atoms with Gasteiger partial charge in [0.25, 0.3) is 10.2 Å². The van der Waals surface area contributed by atoms with Gasteiger partial charge < -0.3 is 15.7 Å². The Balaban J connectivity index is 2.66. The van der Waals surface area contributed by atoms with Crippen LogP contribution in [0.15, 0.2) is 5.16 Å². The molecule has 0 atom stereocenters. The maximum absolute atomic E-state index is 12.3. The first-order valence-corrected chi connectivity index (χ1v) is 7.21. The molecule has 18 heavy (non-hydrogen) atoms. The van der Waals surface area contributed by atoms with Gasteiger partial charge in [0.05, 0.1) is 13.2 Å². The van der Waals surface area contributed by atoms with E-state index in [9.17, 15) is 8.42 Å². The van der Waals surface area contributed by atoms with Crippen molar-refractivity contribution in [2.45, 2.75) is 13.3 Å². The number of ether oxygens (including phenoxy) is 1. The molecule has 1 aliphatic rings. The van der Waals surface area contributed by atoms with Crippen molar-refractivity contribution in [2.24, 2.45) is 10.9 Å². The zero-order valence-corrected chi connectivity index (χ0v) is 11.3. The molecule has 1 aliphatic heterocycles. The topological polar surface area (TPSA) is 108 Å². The summed E-state index contributed by atoms with van der Waals surface area (Å²) in [6.45, 7) is 3.85. The predicted molar refractivity (Wildman–Crippen MR) is 66.6 cm³/mol. The van der Waals surface area contributed by atoms with Crippen molar-refractivity contribution in [1.29, 1.82) is 0 Å². The average molecular weight is 280 g/mol. The molecule has 0 amide bonds. The molecule has 0 spiro atoms. The van der Waals surface area contributed by atoms with E-state index in [0.717, 1.165) is 0 Å². The summed E-state index contributed by atoms with van der Waals surface area (Å²) >= 11 is 0. The van der Waals surface area contributed by atoms with E-state index in [1.54, 1.807) is 6.92 Å². The smallest absolute Gasteiger partial charge is 0.282 e. The Kier molecular flexibility index (Phi) is 5.79. The van der Waals surface area contributed by atoms with Crippen LogP contribution in [0.1, 0.15) is 13.3 Å². The Morgan fingerprint density at radius 2 is 2.11 bits per heavy atom. The SMILES string of the molecule is CCN(CCC(N)=NO)S(=O)(=O)N1CCOCC1. The summed E-state index contributed by atoms with van der Waals surface area (Å²) < 4.78 is 32.4. The summed E-state index contributed by atoms with van der Waals surface area (Å²) in [6, 6.07) is 0. The number of nitrogens with zero attached hydrogens (tertiary/aromatic N) is 3. The van der Waals surface area contributed by atoms with Crippen molar-refractivity contribution in [3.8, 4) is 0 Å². The second-order valence-electron chi connectivity index (χ2n) is 3.85. The zero-order valence-electron chi connectivity index (χ0n) is 10.4. The van der Waals surface area contributed by atoms with Crippen LogP contribution >= 0.6 is 0 Å². The first-order valence-electron chi connectivity index (χ1n) is 5.81. The van der Waals surface area contributed by atoms with E-state index in [1.165, 1.54) is 8.61 Å². The van der Waals surface area contributed by atoms with Crippen LogP contribution in [0.3, 0.4) is 0 Å². The van der Waals surface area contributed by atoms with Gasteiger partial charge in [-0.15, -0.1) is 0 Å². The van der Waals surface area contributed by atoms with E-state index in [4.69, 9.17) is 15.7 Å².